The molecule has 0 spiro atoms. The summed E-state index contributed by atoms with van der Waals surface area (Å²) >= 11 is 0. The van der Waals surface area contributed by atoms with Crippen molar-refractivity contribution in [3.05, 3.63) is 23.7 Å². The number of piperidine rings is 1. The summed E-state index contributed by atoms with van der Waals surface area (Å²) in [6.45, 7) is 5.42. The van der Waals surface area contributed by atoms with Gasteiger partial charge < -0.3 is 13.9 Å². The van der Waals surface area contributed by atoms with Crippen molar-refractivity contribution in [2.24, 2.45) is 0 Å². The molecule has 0 aliphatic carbocycles. The third-order valence-electron chi connectivity index (χ3n) is 3.78. The van der Waals surface area contributed by atoms with Crippen molar-refractivity contribution in [2.45, 2.75) is 45.1 Å². The maximum absolute atomic E-state index is 5.67. The van der Waals surface area contributed by atoms with Crippen molar-refractivity contribution in [3.63, 3.8) is 0 Å². The molecule has 0 radical (unpaired) electrons. The van der Waals surface area contributed by atoms with E-state index in [4.69, 9.17) is 13.9 Å². The van der Waals surface area contributed by atoms with Gasteiger partial charge in [-0.15, -0.1) is 0 Å². The molecule has 3 rings (SSSR count). The van der Waals surface area contributed by atoms with E-state index in [0.717, 1.165) is 44.2 Å². The molecule has 2 saturated heterocycles. The molecule has 2 aliphatic heterocycles. The van der Waals surface area contributed by atoms with E-state index in [1.807, 2.05) is 13.0 Å². The summed E-state index contributed by atoms with van der Waals surface area (Å²) in [4.78, 5) is 2.44. The predicted octanol–water partition coefficient (Wildman–Crippen LogP) is 2.32. The van der Waals surface area contributed by atoms with Crippen LogP contribution in [0.2, 0.25) is 0 Å². The van der Waals surface area contributed by atoms with Gasteiger partial charge in [0, 0.05) is 0 Å². The van der Waals surface area contributed by atoms with E-state index in [1.54, 1.807) is 0 Å². The van der Waals surface area contributed by atoms with Gasteiger partial charge in [-0.05, 0) is 38.4 Å². The van der Waals surface area contributed by atoms with Crippen LogP contribution in [-0.4, -0.2) is 37.0 Å². The Kier molecular flexibility index (Phi) is 3.68. The molecule has 2 fully saturated rings. The number of likely N-dealkylation sites (tertiary alicyclic amines) is 1. The molecule has 4 heteroatoms. The van der Waals surface area contributed by atoms with Gasteiger partial charge in [0.25, 0.3) is 0 Å². The smallest absolute Gasteiger partial charge is 0.173 e. The Labute approximate surface area is 108 Å². The van der Waals surface area contributed by atoms with E-state index < -0.39 is 0 Å². The van der Waals surface area contributed by atoms with E-state index >= 15 is 0 Å². The van der Waals surface area contributed by atoms with Crippen LogP contribution in [0.5, 0.6) is 0 Å². The minimum atomic E-state index is -0.0404. The Morgan fingerprint density at radius 3 is 2.78 bits per heavy atom. The van der Waals surface area contributed by atoms with Gasteiger partial charge in [0.05, 0.1) is 25.8 Å². The van der Waals surface area contributed by atoms with Gasteiger partial charge in [-0.3, -0.25) is 4.90 Å². The normalized spacial score (nSPS) is 26.8. The summed E-state index contributed by atoms with van der Waals surface area (Å²) in [5.41, 5.74) is 0. The minimum absolute atomic E-state index is 0.0404. The van der Waals surface area contributed by atoms with Crippen molar-refractivity contribution < 1.29 is 13.9 Å². The second-order valence-electron chi connectivity index (χ2n) is 5.16. The van der Waals surface area contributed by atoms with Crippen LogP contribution in [0.15, 0.2) is 16.5 Å². The molecule has 1 atom stereocenters. The molecular formula is C14H21NO3. The van der Waals surface area contributed by atoms with Crippen molar-refractivity contribution >= 4 is 0 Å². The molecule has 18 heavy (non-hydrogen) atoms. The van der Waals surface area contributed by atoms with Gasteiger partial charge in [0.1, 0.15) is 11.5 Å². The maximum atomic E-state index is 5.67. The first-order chi connectivity index (χ1) is 8.83. The zero-order valence-corrected chi connectivity index (χ0v) is 10.9. The summed E-state index contributed by atoms with van der Waals surface area (Å²) in [6.07, 6.45) is 3.64. The standard InChI is InChI=1S/C14H21NO3/c1-11-5-6-12(18-11)10-15-7-3-2-4-13(15)14-16-8-9-17-14/h5-6,13-14H,2-4,7-10H2,1H3/t13-/m1/s1. The predicted molar refractivity (Wildman–Crippen MR) is 67.2 cm³/mol. The van der Waals surface area contributed by atoms with Gasteiger partial charge in [-0.2, -0.15) is 0 Å². The van der Waals surface area contributed by atoms with Crippen LogP contribution in [0.25, 0.3) is 0 Å². The van der Waals surface area contributed by atoms with Crippen molar-refractivity contribution in [2.75, 3.05) is 19.8 Å². The molecule has 0 bridgehead atoms. The van der Waals surface area contributed by atoms with E-state index in [0.29, 0.717) is 6.04 Å². The van der Waals surface area contributed by atoms with Gasteiger partial charge in [0.2, 0.25) is 0 Å². The highest BCUT2D eigenvalue weighted by Gasteiger charge is 2.33. The molecule has 0 saturated carbocycles. The van der Waals surface area contributed by atoms with Crippen molar-refractivity contribution in [3.8, 4) is 0 Å². The zero-order chi connectivity index (χ0) is 12.4. The molecule has 0 aromatic carbocycles. The summed E-state index contributed by atoms with van der Waals surface area (Å²) in [6, 6.07) is 4.47. The molecule has 4 nitrogen and oxygen atoms in total. The average Bonchev–Trinajstić information content (AvgIpc) is 3.02. The largest absolute Gasteiger partial charge is 0.465 e. The lowest BCUT2D eigenvalue weighted by molar-refractivity contribution is -0.112. The molecule has 1 aromatic heterocycles. The summed E-state index contributed by atoms with van der Waals surface area (Å²) in [5.74, 6) is 2.02. The van der Waals surface area contributed by atoms with Gasteiger partial charge in [-0.25, -0.2) is 0 Å². The Bertz CT molecular complexity index is 384. The molecule has 100 valence electrons. The summed E-state index contributed by atoms with van der Waals surface area (Å²) in [7, 11) is 0. The second kappa shape index (κ2) is 5.43. The van der Waals surface area contributed by atoms with Crippen LogP contribution < -0.4 is 0 Å². The fourth-order valence-corrected chi connectivity index (χ4v) is 2.89. The number of aryl methyl sites for hydroxylation is 1. The third kappa shape index (κ3) is 2.60. The van der Waals surface area contributed by atoms with Crippen molar-refractivity contribution in [1.82, 2.24) is 4.90 Å². The van der Waals surface area contributed by atoms with E-state index in [9.17, 15) is 0 Å². The first-order valence-corrected chi connectivity index (χ1v) is 6.85. The molecular weight excluding hydrogens is 230 g/mol. The lowest BCUT2D eigenvalue weighted by Crippen LogP contribution is -2.46. The first-order valence-electron chi connectivity index (χ1n) is 6.85. The SMILES string of the molecule is Cc1ccc(CN2CCCC[C@@H]2C2OCCO2)o1. The van der Waals surface area contributed by atoms with Crippen LogP contribution in [0.1, 0.15) is 30.8 Å². The number of furan rings is 1. The number of rotatable bonds is 3. The number of hydrogen-bond donors (Lipinski definition) is 0. The van der Waals surface area contributed by atoms with Gasteiger partial charge in [0.15, 0.2) is 6.29 Å². The van der Waals surface area contributed by atoms with Crippen LogP contribution in [0.3, 0.4) is 0 Å². The zero-order valence-electron chi connectivity index (χ0n) is 10.9. The molecule has 2 aliphatic rings. The lowest BCUT2D eigenvalue weighted by Gasteiger charge is -2.37. The van der Waals surface area contributed by atoms with Crippen LogP contribution >= 0.6 is 0 Å². The number of nitrogens with zero attached hydrogens (tertiary/aromatic N) is 1. The molecule has 1 aromatic rings. The fraction of sp³-hybridized carbons (Fsp3) is 0.714. The summed E-state index contributed by atoms with van der Waals surface area (Å²) in [5, 5.41) is 0. The topological polar surface area (TPSA) is 34.8 Å². The monoisotopic (exact) mass is 251 g/mol. The Hall–Kier alpha value is -0.840. The lowest BCUT2D eigenvalue weighted by atomic mass is 10.0. The van der Waals surface area contributed by atoms with Crippen LogP contribution in [-0.2, 0) is 16.0 Å². The Morgan fingerprint density at radius 2 is 2.06 bits per heavy atom. The van der Waals surface area contributed by atoms with E-state index in [2.05, 4.69) is 11.0 Å². The van der Waals surface area contributed by atoms with Crippen LogP contribution in [0.4, 0.5) is 0 Å². The molecule has 0 N–H and O–H groups in total. The summed E-state index contributed by atoms with van der Waals surface area (Å²) < 4.78 is 17.0. The molecule has 0 unspecified atom stereocenters. The highest BCUT2D eigenvalue weighted by Crippen LogP contribution is 2.26. The van der Waals surface area contributed by atoms with Crippen molar-refractivity contribution in [1.29, 1.82) is 0 Å². The van der Waals surface area contributed by atoms with Gasteiger partial charge in [-0.1, -0.05) is 6.42 Å². The molecule has 3 heterocycles. The minimum Gasteiger partial charge on any atom is -0.465 e. The van der Waals surface area contributed by atoms with Crippen LogP contribution in [0, 0.1) is 6.92 Å². The first kappa shape index (κ1) is 12.2. The van der Waals surface area contributed by atoms with Gasteiger partial charge >= 0.3 is 0 Å². The second-order valence-corrected chi connectivity index (χ2v) is 5.16. The maximum Gasteiger partial charge on any atom is 0.173 e. The quantitative estimate of drug-likeness (QED) is 0.825. The Balaban J connectivity index is 1.67. The van der Waals surface area contributed by atoms with E-state index in [1.165, 1.54) is 12.8 Å². The average molecular weight is 251 g/mol. The number of ether oxygens (including phenoxy) is 2. The number of hydrogen-bond acceptors (Lipinski definition) is 4. The third-order valence-corrected chi connectivity index (χ3v) is 3.78. The highest BCUT2D eigenvalue weighted by atomic mass is 16.7. The Morgan fingerprint density at radius 1 is 1.22 bits per heavy atom. The molecule has 0 amide bonds. The highest BCUT2D eigenvalue weighted by molar-refractivity contribution is 5.06. The fourth-order valence-electron chi connectivity index (χ4n) is 2.89. The van der Waals surface area contributed by atoms with E-state index in [-0.39, 0.29) is 6.29 Å².